The number of hydrogen-bond donors (Lipinski definition) is 0. The number of rotatable bonds is 4. The second kappa shape index (κ2) is 6.86. The summed E-state index contributed by atoms with van der Waals surface area (Å²) in [7, 11) is 0. The van der Waals surface area contributed by atoms with Crippen LogP contribution in [0.15, 0.2) is 53.6 Å². The largest absolute Gasteiger partial charge is 0.293 e. The highest BCUT2D eigenvalue weighted by atomic mass is 32.2. The molecule has 0 aliphatic heterocycles. The van der Waals surface area contributed by atoms with Crippen molar-refractivity contribution in [2.75, 3.05) is 5.75 Å². The number of ketones is 1. The molecule has 1 heterocycles. The van der Waals surface area contributed by atoms with Gasteiger partial charge in [-0.25, -0.2) is 4.98 Å². The fraction of sp³-hybridized carbons (Fsp3) is 0.150. The van der Waals surface area contributed by atoms with E-state index in [2.05, 4.69) is 11.1 Å². The summed E-state index contributed by atoms with van der Waals surface area (Å²) in [4.78, 5) is 16.9. The van der Waals surface area contributed by atoms with Gasteiger partial charge in [-0.3, -0.25) is 4.79 Å². The van der Waals surface area contributed by atoms with Crippen molar-refractivity contribution in [2.45, 2.75) is 18.9 Å². The third-order valence-electron chi connectivity index (χ3n) is 3.95. The van der Waals surface area contributed by atoms with E-state index in [-0.39, 0.29) is 11.5 Å². The molecule has 0 fully saturated rings. The Kier molecular flexibility index (Phi) is 4.64. The summed E-state index contributed by atoms with van der Waals surface area (Å²) in [5, 5.41) is 11.0. The Morgan fingerprint density at radius 1 is 1.12 bits per heavy atom. The lowest BCUT2D eigenvalue weighted by Gasteiger charge is -2.08. The molecule has 24 heavy (non-hydrogen) atoms. The third kappa shape index (κ3) is 3.32. The van der Waals surface area contributed by atoms with E-state index in [1.807, 2.05) is 50.2 Å². The van der Waals surface area contributed by atoms with Crippen LogP contribution in [0.2, 0.25) is 0 Å². The van der Waals surface area contributed by atoms with Gasteiger partial charge in [-0.05, 0) is 43.2 Å². The lowest BCUT2D eigenvalue weighted by molar-refractivity contribution is 0.102. The van der Waals surface area contributed by atoms with Gasteiger partial charge in [-0.15, -0.1) is 0 Å². The molecule has 3 nitrogen and oxygen atoms in total. The molecule has 0 aliphatic carbocycles. The number of hydrogen-bond acceptors (Lipinski definition) is 4. The number of aromatic nitrogens is 1. The van der Waals surface area contributed by atoms with Gasteiger partial charge in [0.25, 0.3) is 0 Å². The van der Waals surface area contributed by atoms with Crippen LogP contribution in [0.4, 0.5) is 0 Å². The van der Waals surface area contributed by atoms with Crippen molar-refractivity contribution >= 4 is 28.4 Å². The smallest absolute Gasteiger partial charge is 0.173 e. The Labute approximate surface area is 145 Å². The van der Waals surface area contributed by atoms with Crippen LogP contribution in [-0.2, 0) is 0 Å². The average Bonchev–Trinajstić information content (AvgIpc) is 2.61. The number of thioether (sulfide) groups is 1. The summed E-state index contributed by atoms with van der Waals surface area (Å²) in [6.07, 6.45) is 0. The minimum atomic E-state index is 0.0338. The molecule has 3 aromatic rings. The summed E-state index contributed by atoms with van der Waals surface area (Å²) >= 11 is 1.32. The Bertz CT molecular complexity index is 959. The first-order valence-corrected chi connectivity index (χ1v) is 8.60. The molecule has 0 spiro atoms. The summed E-state index contributed by atoms with van der Waals surface area (Å²) in [5.74, 6) is 0.300. The van der Waals surface area contributed by atoms with Crippen LogP contribution in [0.5, 0.6) is 0 Å². The van der Waals surface area contributed by atoms with Gasteiger partial charge in [-0.1, -0.05) is 42.1 Å². The van der Waals surface area contributed by atoms with Gasteiger partial charge in [0.1, 0.15) is 11.1 Å². The number of carbonyl (C=O) groups is 1. The molecule has 0 radical (unpaired) electrons. The normalized spacial score (nSPS) is 10.5. The van der Waals surface area contributed by atoms with Crippen molar-refractivity contribution < 1.29 is 4.79 Å². The zero-order valence-electron chi connectivity index (χ0n) is 13.5. The Morgan fingerprint density at radius 2 is 1.83 bits per heavy atom. The average molecular weight is 332 g/mol. The number of nitrogens with zero attached hydrogens (tertiary/aromatic N) is 2. The molecule has 118 valence electrons. The summed E-state index contributed by atoms with van der Waals surface area (Å²) in [6.45, 7) is 4.09. The maximum Gasteiger partial charge on any atom is 0.173 e. The van der Waals surface area contributed by atoms with Gasteiger partial charge >= 0.3 is 0 Å². The lowest BCUT2D eigenvalue weighted by atomic mass is 10.1. The molecule has 4 heteroatoms. The molecule has 0 bridgehead atoms. The molecule has 0 aliphatic rings. The highest BCUT2D eigenvalue weighted by Crippen LogP contribution is 2.27. The van der Waals surface area contributed by atoms with Gasteiger partial charge < -0.3 is 0 Å². The van der Waals surface area contributed by atoms with Crippen LogP contribution in [0.3, 0.4) is 0 Å². The fourth-order valence-electron chi connectivity index (χ4n) is 2.45. The molecule has 1 aromatic heterocycles. The molecule has 0 atom stereocenters. The number of pyridine rings is 1. The highest BCUT2D eigenvalue weighted by Gasteiger charge is 2.12. The first kappa shape index (κ1) is 16.2. The van der Waals surface area contributed by atoms with E-state index in [1.54, 1.807) is 12.1 Å². The molecule has 0 amide bonds. The Balaban J connectivity index is 1.90. The molecular weight excluding hydrogens is 316 g/mol. The predicted octanol–water partition coefficient (Wildman–Crippen LogP) is 4.70. The van der Waals surface area contributed by atoms with E-state index in [1.165, 1.54) is 17.3 Å². The number of aryl methyl sites for hydroxylation is 2. The maximum absolute atomic E-state index is 12.2. The molecule has 0 saturated heterocycles. The van der Waals surface area contributed by atoms with Crippen LogP contribution >= 0.6 is 11.8 Å². The van der Waals surface area contributed by atoms with Crippen molar-refractivity contribution in [2.24, 2.45) is 0 Å². The van der Waals surface area contributed by atoms with Crippen molar-refractivity contribution in [1.82, 2.24) is 4.98 Å². The fourth-order valence-corrected chi connectivity index (χ4v) is 3.31. The van der Waals surface area contributed by atoms with Gasteiger partial charge in [0.2, 0.25) is 0 Å². The van der Waals surface area contributed by atoms with Crippen LogP contribution < -0.4 is 0 Å². The zero-order valence-corrected chi connectivity index (χ0v) is 14.4. The number of nitriles is 1. The quantitative estimate of drug-likeness (QED) is 0.513. The second-order valence-corrected chi connectivity index (χ2v) is 6.62. The monoisotopic (exact) mass is 332 g/mol. The standard InChI is InChI=1S/C20H16N2OS/c1-13-8-16-10-17(11-21)20(22-18(16)9-14(13)2)24-12-19(23)15-6-4-3-5-7-15/h3-10H,12H2,1-2H3. The second-order valence-electron chi connectivity index (χ2n) is 5.66. The maximum atomic E-state index is 12.2. The van der Waals surface area contributed by atoms with Crippen LogP contribution in [0.25, 0.3) is 10.9 Å². The van der Waals surface area contributed by atoms with Gasteiger partial charge in [0, 0.05) is 10.9 Å². The Hall–Kier alpha value is -2.64. The molecular formula is C20H16N2OS. The third-order valence-corrected chi connectivity index (χ3v) is 4.94. The van der Waals surface area contributed by atoms with Crippen molar-refractivity contribution in [3.05, 3.63) is 70.8 Å². The van der Waals surface area contributed by atoms with E-state index in [9.17, 15) is 10.1 Å². The minimum absolute atomic E-state index is 0.0338. The first-order chi connectivity index (χ1) is 11.6. The molecule has 2 aromatic carbocycles. The zero-order chi connectivity index (χ0) is 17.1. The Morgan fingerprint density at radius 3 is 2.54 bits per heavy atom. The van der Waals surface area contributed by atoms with E-state index >= 15 is 0 Å². The van der Waals surface area contributed by atoms with E-state index < -0.39 is 0 Å². The van der Waals surface area contributed by atoms with Crippen LogP contribution in [0.1, 0.15) is 27.0 Å². The predicted molar refractivity (Wildman–Crippen MR) is 97.4 cm³/mol. The highest BCUT2D eigenvalue weighted by molar-refractivity contribution is 8.00. The van der Waals surface area contributed by atoms with E-state index in [0.717, 1.165) is 16.5 Å². The SMILES string of the molecule is Cc1cc2cc(C#N)c(SCC(=O)c3ccccc3)nc2cc1C. The molecule has 0 unspecified atom stereocenters. The van der Waals surface area contributed by atoms with Crippen molar-refractivity contribution in [1.29, 1.82) is 5.26 Å². The topological polar surface area (TPSA) is 53.8 Å². The van der Waals surface area contributed by atoms with E-state index in [4.69, 9.17) is 0 Å². The van der Waals surface area contributed by atoms with Gasteiger partial charge in [0.15, 0.2) is 5.78 Å². The van der Waals surface area contributed by atoms with Crippen LogP contribution in [-0.4, -0.2) is 16.5 Å². The molecule has 0 saturated carbocycles. The van der Waals surface area contributed by atoms with Crippen molar-refractivity contribution in [3.8, 4) is 6.07 Å². The van der Waals surface area contributed by atoms with E-state index in [0.29, 0.717) is 16.2 Å². The van der Waals surface area contributed by atoms with Gasteiger partial charge in [-0.2, -0.15) is 5.26 Å². The minimum Gasteiger partial charge on any atom is -0.293 e. The lowest BCUT2D eigenvalue weighted by Crippen LogP contribution is -2.03. The van der Waals surface area contributed by atoms with Gasteiger partial charge in [0.05, 0.1) is 16.8 Å². The van der Waals surface area contributed by atoms with Crippen LogP contribution in [0, 0.1) is 25.2 Å². The summed E-state index contributed by atoms with van der Waals surface area (Å²) in [5.41, 5.74) is 4.38. The number of benzene rings is 2. The number of fused-ring (bicyclic) bond motifs is 1. The number of Topliss-reactive ketones (excluding diaryl/α,β-unsaturated/α-hetero) is 1. The summed E-state index contributed by atoms with van der Waals surface area (Å²) < 4.78 is 0. The molecule has 3 rings (SSSR count). The number of carbonyl (C=O) groups excluding carboxylic acids is 1. The first-order valence-electron chi connectivity index (χ1n) is 7.61. The summed E-state index contributed by atoms with van der Waals surface area (Å²) in [6, 6.07) is 17.3. The molecule has 0 N–H and O–H groups in total. The van der Waals surface area contributed by atoms with Crippen molar-refractivity contribution in [3.63, 3.8) is 0 Å².